The highest BCUT2D eigenvalue weighted by atomic mass is 16.6. The summed E-state index contributed by atoms with van der Waals surface area (Å²) < 4.78 is 10.8. The average Bonchev–Trinajstić information content (AvgIpc) is 3.45. The molecule has 3 unspecified atom stereocenters. The zero-order chi connectivity index (χ0) is 21.0. The van der Waals surface area contributed by atoms with E-state index in [9.17, 15) is 9.90 Å². The van der Waals surface area contributed by atoms with E-state index >= 15 is 0 Å². The highest BCUT2D eigenvalue weighted by Crippen LogP contribution is 2.65. The van der Waals surface area contributed by atoms with Gasteiger partial charge in [-0.05, 0) is 61.7 Å². The summed E-state index contributed by atoms with van der Waals surface area (Å²) in [6.07, 6.45) is 8.58. The SMILES string of the molecule is O=C(O[C@H]1CCOC1)N1CCc2c(ncnc2NCC(O)C23CC4CC(C2)C(C4)C3)C1. The Labute approximate surface area is 182 Å². The molecule has 2 N–H and O–H groups in total. The van der Waals surface area contributed by atoms with Gasteiger partial charge in [0, 0.05) is 25.1 Å². The summed E-state index contributed by atoms with van der Waals surface area (Å²) in [5.74, 6) is 3.33. The topological polar surface area (TPSA) is 96.8 Å². The Morgan fingerprint density at radius 2 is 2.16 bits per heavy atom. The fourth-order valence-corrected chi connectivity index (χ4v) is 7.18. The molecule has 8 heteroatoms. The molecule has 0 radical (unpaired) electrons. The standard InChI is InChI=1S/C23H32N4O4/c28-20(23-7-14-5-15(8-23)16(6-14)9-23)10-24-21-18-1-3-27(11-19(18)25-13-26-21)22(29)31-17-2-4-30-12-17/h13-17,20,28H,1-12H2,(H,24,25,26)/t14?,15?,16?,17-,20?,23?/m0/s1. The van der Waals surface area contributed by atoms with Gasteiger partial charge in [0.15, 0.2) is 0 Å². The summed E-state index contributed by atoms with van der Waals surface area (Å²) in [5.41, 5.74) is 2.02. The van der Waals surface area contributed by atoms with E-state index in [0.717, 1.165) is 41.2 Å². The number of aliphatic hydroxyl groups excluding tert-OH is 1. The molecular formula is C23H32N4O4. The third kappa shape index (κ3) is 3.48. The maximum atomic E-state index is 12.5. The van der Waals surface area contributed by atoms with Gasteiger partial charge in [0.25, 0.3) is 0 Å². The molecule has 1 aromatic heterocycles. The van der Waals surface area contributed by atoms with Crippen LogP contribution in [-0.4, -0.2) is 64.6 Å². The minimum absolute atomic E-state index is 0.112. The highest BCUT2D eigenvalue weighted by Gasteiger charge is 2.58. The monoisotopic (exact) mass is 428 g/mol. The minimum atomic E-state index is -0.336. The first-order valence-electron chi connectivity index (χ1n) is 11.9. The van der Waals surface area contributed by atoms with Gasteiger partial charge < -0.3 is 24.8 Å². The molecule has 0 aromatic carbocycles. The first kappa shape index (κ1) is 19.7. The number of nitrogens with zero attached hydrogens (tertiary/aromatic N) is 3. The molecule has 1 amide bonds. The fraction of sp³-hybridized carbons (Fsp3) is 0.783. The molecule has 6 aliphatic rings. The molecule has 4 atom stereocenters. The number of carbonyl (C=O) groups is 1. The fourth-order valence-electron chi connectivity index (χ4n) is 7.18. The summed E-state index contributed by atoms with van der Waals surface area (Å²) in [7, 11) is 0. The predicted molar refractivity (Wildman–Crippen MR) is 112 cm³/mol. The van der Waals surface area contributed by atoms with E-state index in [-0.39, 0.29) is 23.7 Å². The van der Waals surface area contributed by atoms with Crippen LogP contribution < -0.4 is 5.32 Å². The number of ether oxygens (including phenoxy) is 2. The molecule has 8 nitrogen and oxygen atoms in total. The first-order valence-corrected chi connectivity index (χ1v) is 11.9. The number of carbonyl (C=O) groups excluding carboxylic acids is 1. The lowest BCUT2D eigenvalue weighted by Gasteiger charge is -2.42. The molecule has 31 heavy (non-hydrogen) atoms. The summed E-state index contributed by atoms with van der Waals surface area (Å²) in [6.45, 7) is 2.68. The van der Waals surface area contributed by atoms with Crippen LogP contribution in [0, 0.1) is 23.2 Å². The van der Waals surface area contributed by atoms with Gasteiger partial charge in [0.1, 0.15) is 18.2 Å². The van der Waals surface area contributed by atoms with Crippen molar-refractivity contribution in [3.63, 3.8) is 0 Å². The molecule has 4 bridgehead atoms. The van der Waals surface area contributed by atoms with Gasteiger partial charge in [-0.1, -0.05) is 0 Å². The summed E-state index contributed by atoms with van der Waals surface area (Å²) in [6, 6.07) is 0. The van der Waals surface area contributed by atoms with Crippen molar-refractivity contribution >= 4 is 11.9 Å². The Morgan fingerprint density at radius 3 is 2.90 bits per heavy atom. The summed E-state index contributed by atoms with van der Waals surface area (Å²) >= 11 is 0. The number of aromatic nitrogens is 2. The average molecular weight is 429 g/mol. The maximum absolute atomic E-state index is 12.5. The van der Waals surface area contributed by atoms with Crippen LogP contribution in [0.2, 0.25) is 0 Å². The lowest BCUT2D eigenvalue weighted by atomic mass is 9.66. The number of aliphatic hydroxyl groups is 1. The second-order valence-corrected chi connectivity index (χ2v) is 10.4. The molecule has 4 saturated carbocycles. The number of hydrogen-bond donors (Lipinski definition) is 2. The second-order valence-electron chi connectivity index (χ2n) is 10.4. The molecule has 3 heterocycles. The van der Waals surface area contributed by atoms with Crippen molar-refractivity contribution in [1.29, 1.82) is 0 Å². The van der Waals surface area contributed by atoms with Crippen molar-refractivity contribution < 1.29 is 19.4 Å². The van der Waals surface area contributed by atoms with Crippen molar-refractivity contribution in [2.24, 2.45) is 23.2 Å². The Hall–Kier alpha value is -1.93. The van der Waals surface area contributed by atoms with Crippen molar-refractivity contribution in [2.75, 3.05) is 31.6 Å². The Morgan fingerprint density at radius 1 is 1.32 bits per heavy atom. The van der Waals surface area contributed by atoms with E-state index in [4.69, 9.17) is 9.47 Å². The smallest absolute Gasteiger partial charge is 0.410 e. The van der Waals surface area contributed by atoms with E-state index in [1.807, 2.05) is 0 Å². The number of anilines is 1. The second kappa shape index (κ2) is 7.59. The zero-order valence-corrected chi connectivity index (χ0v) is 18.0. The van der Waals surface area contributed by atoms with Crippen molar-refractivity contribution in [3.05, 3.63) is 17.6 Å². The maximum Gasteiger partial charge on any atom is 0.410 e. The Balaban J connectivity index is 1.09. The van der Waals surface area contributed by atoms with Crippen molar-refractivity contribution in [1.82, 2.24) is 14.9 Å². The Kier molecular flexibility index (Phi) is 4.83. The van der Waals surface area contributed by atoms with Crippen LogP contribution >= 0.6 is 0 Å². The molecule has 5 fully saturated rings. The van der Waals surface area contributed by atoms with E-state index in [1.54, 1.807) is 11.2 Å². The van der Waals surface area contributed by atoms with E-state index in [2.05, 4.69) is 15.3 Å². The van der Waals surface area contributed by atoms with Crippen molar-refractivity contribution in [2.45, 2.75) is 63.7 Å². The van der Waals surface area contributed by atoms with Crippen LogP contribution in [0.4, 0.5) is 10.6 Å². The van der Waals surface area contributed by atoms with Gasteiger partial charge in [-0.2, -0.15) is 0 Å². The lowest BCUT2D eigenvalue weighted by molar-refractivity contribution is -0.00821. The van der Waals surface area contributed by atoms with Crippen molar-refractivity contribution in [3.8, 4) is 0 Å². The number of hydrogen-bond acceptors (Lipinski definition) is 7. The quantitative estimate of drug-likeness (QED) is 0.743. The minimum Gasteiger partial charge on any atom is -0.444 e. The zero-order valence-electron chi connectivity index (χ0n) is 18.0. The third-order valence-corrected chi connectivity index (χ3v) is 8.56. The van der Waals surface area contributed by atoms with Gasteiger partial charge in [-0.15, -0.1) is 0 Å². The first-order chi connectivity index (χ1) is 15.1. The third-order valence-electron chi connectivity index (χ3n) is 8.56. The van der Waals surface area contributed by atoms with E-state index in [1.165, 1.54) is 32.1 Å². The van der Waals surface area contributed by atoms with Crippen LogP contribution in [0.1, 0.15) is 49.8 Å². The summed E-state index contributed by atoms with van der Waals surface area (Å²) in [4.78, 5) is 23.1. The van der Waals surface area contributed by atoms with Crippen LogP contribution in [0.3, 0.4) is 0 Å². The van der Waals surface area contributed by atoms with Crippen LogP contribution in [0.5, 0.6) is 0 Å². The number of rotatable bonds is 5. The largest absolute Gasteiger partial charge is 0.444 e. The van der Waals surface area contributed by atoms with Crippen LogP contribution in [0.25, 0.3) is 0 Å². The normalized spacial score (nSPS) is 36.5. The number of nitrogens with one attached hydrogen (secondary N) is 1. The molecular weight excluding hydrogens is 396 g/mol. The van der Waals surface area contributed by atoms with Gasteiger partial charge in [0.05, 0.1) is 31.6 Å². The molecule has 0 spiro atoms. The molecule has 4 aliphatic carbocycles. The molecule has 1 aromatic rings. The predicted octanol–water partition coefficient (Wildman–Crippen LogP) is 2.36. The lowest BCUT2D eigenvalue weighted by Crippen LogP contribution is -2.43. The van der Waals surface area contributed by atoms with Crippen LogP contribution in [0.15, 0.2) is 6.33 Å². The van der Waals surface area contributed by atoms with Gasteiger partial charge in [-0.25, -0.2) is 14.8 Å². The molecule has 2 aliphatic heterocycles. The number of fused-ring (bicyclic) bond motifs is 1. The molecule has 1 saturated heterocycles. The van der Waals surface area contributed by atoms with Crippen LogP contribution in [-0.2, 0) is 22.4 Å². The molecule has 7 rings (SSSR count). The highest BCUT2D eigenvalue weighted by molar-refractivity contribution is 5.68. The number of amides is 1. The van der Waals surface area contributed by atoms with Gasteiger partial charge >= 0.3 is 6.09 Å². The van der Waals surface area contributed by atoms with Gasteiger partial charge in [0.2, 0.25) is 0 Å². The van der Waals surface area contributed by atoms with Gasteiger partial charge in [-0.3, -0.25) is 0 Å². The van der Waals surface area contributed by atoms with E-state index < -0.39 is 0 Å². The van der Waals surface area contributed by atoms with E-state index in [0.29, 0.717) is 39.3 Å². The molecule has 168 valence electrons. The summed E-state index contributed by atoms with van der Waals surface area (Å²) in [5, 5.41) is 14.5. The Bertz CT molecular complexity index is 838.